The first-order valence-corrected chi connectivity index (χ1v) is 9.87. The maximum Gasteiger partial charge on any atom is 0.494 e. The smallest absolute Gasteiger partial charge is 0.465 e. The Kier molecular flexibility index (Phi) is 6.18. The highest BCUT2D eigenvalue weighted by molar-refractivity contribution is 6.62. The number of carbonyl (C=O) groups is 1. The molecule has 0 N–H and O–H groups in total. The first-order valence-electron chi connectivity index (χ1n) is 9.87. The SMILES string of the molecule is CC(C)COC(=O)C(c1ccc(B2OC(C)(C)C(C)(C)O2)cc1)C(C)(C)C. The van der Waals surface area contributed by atoms with Gasteiger partial charge in [0, 0.05) is 0 Å². The minimum absolute atomic E-state index is 0.167. The molecule has 0 aromatic heterocycles. The van der Waals surface area contributed by atoms with Gasteiger partial charge in [0.05, 0.1) is 23.7 Å². The van der Waals surface area contributed by atoms with Gasteiger partial charge in [-0.05, 0) is 50.1 Å². The highest BCUT2D eigenvalue weighted by atomic mass is 16.7. The van der Waals surface area contributed by atoms with E-state index in [0.717, 1.165) is 11.0 Å². The van der Waals surface area contributed by atoms with Gasteiger partial charge in [0.1, 0.15) is 0 Å². The molecular formula is C22H35BO4. The minimum Gasteiger partial charge on any atom is -0.465 e. The van der Waals surface area contributed by atoms with Crippen LogP contribution < -0.4 is 5.46 Å². The zero-order chi connectivity index (χ0) is 20.6. The number of benzene rings is 1. The van der Waals surface area contributed by atoms with E-state index in [1.54, 1.807) is 0 Å². The van der Waals surface area contributed by atoms with E-state index in [4.69, 9.17) is 14.0 Å². The summed E-state index contributed by atoms with van der Waals surface area (Å²) in [5, 5.41) is 0. The number of esters is 1. The Morgan fingerprint density at radius 2 is 1.52 bits per heavy atom. The van der Waals surface area contributed by atoms with Crippen LogP contribution >= 0.6 is 0 Å². The van der Waals surface area contributed by atoms with Crippen molar-refractivity contribution in [3.8, 4) is 0 Å². The monoisotopic (exact) mass is 374 g/mol. The fourth-order valence-corrected chi connectivity index (χ4v) is 3.15. The average Bonchev–Trinajstić information content (AvgIpc) is 2.73. The lowest BCUT2D eigenvalue weighted by Crippen LogP contribution is -2.41. The van der Waals surface area contributed by atoms with Crippen molar-refractivity contribution < 1.29 is 18.8 Å². The van der Waals surface area contributed by atoms with Crippen LogP contribution in [0.4, 0.5) is 0 Å². The van der Waals surface area contributed by atoms with Crippen LogP contribution in [0.1, 0.15) is 73.8 Å². The maximum atomic E-state index is 12.7. The lowest BCUT2D eigenvalue weighted by Gasteiger charge is -2.32. The van der Waals surface area contributed by atoms with E-state index in [1.165, 1.54) is 0 Å². The summed E-state index contributed by atoms with van der Waals surface area (Å²) in [7, 11) is -0.398. The fourth-order valence-electron chi connectivity index (χ4n) is 3.15. The van der Waals surface area contributed by atoms with E-state index in [-0.39, 0.29) is 28.5 Å². The second-order valence-electron chi connectivity index (χ2n) is 10.1. The van der Waals surface area contributed by atoms with Gasteiger partial charge in [-0.15, -0.1) is 0 Å². The predicted octanol–water partition coefficient (Wildman–Crippen LogP) is 4.31. The van der Waals surface area contributed by atoms with Crippen LogP contribution in [0.3, 0.4) is 0 Å². The highest BCUT2D eigenvalue weighted by Gasteiger charge is 2.51. The highest BCUT2D eigenvalue weighted by Crippen LogP contribution is 2.38. The van der Waals surface area contributed by atoms with Gasteiger partial charge in [0.15, 0.2) is 0 Å². The standard InChI is InChI=1S/C22H35BO4/c1-15(2)14-25-19(24)18(20(3,4)5)16-10-12-17(13-11-16)23-26-21(6,7)22(8,9)27-23/h10-13,15,18H,14H2,1-9H3. The summed E-state index contributed by atoms with van der Waals surface area (Å²) in [6.45, 7) is 18.9. The second kappa shape index (κ2) is 7.59. The summed E-state index contributed by atoms with van der Waals surface area (Å²) < 4.78 is 17.8. The molecule has 1 heterocycles. The molecule has 0 aliphatic carbocycles. The third-order valence-electron chi connectivity index (χ3n) is 5.46. The van der Waals surface area contributed by atoms with Crippen molar-refractivity contribution in [1.82, 2.24) is 0 Å². The third kappa shape index (κ3) is 4.94. The molecule has 1 saturated heterocycles. The summed E-state index contributed by atoms with van der Waals surface area (Å²) in [6, 6.07) is 7.97. The van der Waals surface area contributed by atoms with Gasteiger partial charge in [0.2, 0.25) is 0 Å². The molecule has 0 amide bonds. The van der Waals surface area contributed by atoms with Crippen molar-refractivity contribution >= 4 is 18.6 Å². The Bertz CT molecular complexity index is 640. The van der Waals surface area contributed by atoms with Crippen molar-refractivity contribution in [2.75, 3.05) is 6.61 Å². The Balaban J connectivity index is 2.22. The van der Waals surface area contributed by atoms with E-state index >= 15 is 0 Å². The van der Waals surface area contributed by atoms with Gasteiger partial charge in [-0.2, -0.15) is 0 Å². The molecule has 1 aliphatic rings. The molecule has 5 heteroatoms. The first-order chi connectivity index (χ1) is 12.2. The largest absolute Gasteiger partial charge is 0.494 e. The molecule has 1 aliphatic heterocycles. The zero-order valence-corrected chi connectivity index (χ0v) is 18.4. The lowest BCUT2D eigenvalue weighted by atomic mass is 9.74. The van der Waals surface area contributed by atoms with E-state index in [9.17, 15) is 4.79 Å². The van der Waals surface area contributed by atoms with Crippen LogP contribution in [0.25, 0.3) is 0 Å². The topological polar surface area (TPSA) is 44.8 Å². The molecule has 1 aromatic carbocycles. The molecule has 0 bridgehead atoms. The van der Waals surface area contributed by atoms with Crippen molar-refractivity contribution in [2.45, 2.75) is 79.4 Å². The van der Waals surface area contributed by atoms with Gasteiger partial charge >= 0.3 is 13.1 Å². The summed E-state index contributed by atoms with van der Waals surface area (Å²) in [4.78, 5) is 12.7. The summed E-state index contributed by atoms with van der Waals surface area (Å²) >= 11 is 0. The summed E-state index contributed by atoms with van der Waals surface area (Å²) in [5.74, 6) is -0.163. The van der Waals surface area contributed by atoms with Gasteiger partial charge in [-0.25, -0.2) is 0 Å². The third-order valence-corrected chi connectivity index (χ3v) is 5.46. The molecule has 1 fully saturated rings. The van der Waals surface area contributed by atoms with Crippen LogP contribution in [-0.4, -0.2) is 30.9 Å². The van der Waals surface area contributed by atoms with E-state index < -0.39 is 7.12 Å². The lowest BCUT2D eigenvalue weighted by molar-refractivity contribution is -0.149. The van der Waals surface area contributed by atoms with Crippen LogP contribution in [0.15, 0.2) is 24.3 Å². The van der Waals surface area contributed by atoms with Gasteiger partial charge in [-0.3, -0.25) is 4.79 Å². The number of carbonyl (C=O) groups excluding carboxylic acids is 1. The van der Waals surface area contributed by atoms with Crippen molar-refractivity contribution in [3.05, 3.63) is 29.8 Å². The normalized spacial score (nSPS) is 20.0. The average molecular weight is 374 g/mol. The molecule has 0 radical (unpaired) electrons. The molecule has 150 valence electrons. The Labute approximate surface area is 165 Å². The number of rotatable bonds is 5. The summed E-state index contributed by atoms with van der Waals surface area (Å²) in [6.07, 6.45) is 0. The van der Waals surface area contributed by atoms with Crippen LogP contribution in [0, 0.1) is 11.3 Å². The van der Waals surface area contributed by atoms with Crippen molar-refractivity contribution in [1.29, 1.82) is 0 Å². The molecule has 1 atom stereocenters. The van der Waals surface area contributed by atoms with Crippen molar-refractivity contribution in [3.63, 3.8) is 0 Å². The van der Waals surface area contributed by atoms with Crippen LogP contribution in [0.2, 0.25) is 0 Å². The van der Waals surface area contributed by atoms with Gasteiger partial charge in [-0.1, -0.05) is 58.9 Å². The molecule has 27 heavy (non-hydrogen) atoms. The molecular weight excluding hydrogens is 339 g/mol. The Morgan fingerprint density at radius 3 is 1.93 bits per heavy atom. The van der Waals surface area contributed by atoms with Gasteiger partial charge in [0.25, 0.3) is 0 Å². The number of hydrogen-bond acceptors (Lipinski definition) is 4. The fraction of sp³-hybridized carbons (Fsp3) is 0.682. The van der Waals surface area contributed by atoms with Crippen LogP contribution in [-0.2, 0) is 18.8 Å². The molecule has 0 spiro atoms. The van der Waals surface area contributed by atoms with Crippen LogP contribution in [0.5, 0.6) is 0 Å². The number of ether oxygens (including phenoxy) is 1. The van der Waals surface area contributed by atoms with E-state index in [0.29, 0.717) is 12.5 Å². The Hall–Kier alpha value is -1.33. The maximum absolute atomic E-state index is 12.7. The van der Waals surface area contributed by atoms with E-state index in [1.807, 2.05) is 65.8 Å². The second-order valence-corrected chi connectivity index (χ2v) is 10.1. The predicted molar refractivity (Wildman–Crippen MR) is 110 cm³/mol. The zero-order valence-electron chi connectivity index (χ0n) is 18.4. The molecule has 0 saturated carbocycles. The molecule has 4 nitrogen and oxygen atoms in total. The molecule has 2 rings (SSSR count). The van der Waals surface area contributed by atoms with Gasteiger partial charge < -0.3 is 14.0 Å². The quantitative estimate of drug-likeness (QED) is 0.569. The first kappa shape index (κ1) is 22.0. The van der Waals surface area contributed by atoms with Crippen molar-refractivity contribution in [2.24, 2.45) is 11.3 Å². The van der Waals surface area contributed by atoms with E-state index in [2.05, 4.69) is 20.8 Å². The minimum atomic E-state index is -0.398. The molecule has 1 unspecified atom stereocenters. The summed E-state index contributed by atoms with van der Waals surface area (Å²) in [5.41, 5.74) is 0.938. The Morgan fingerprint density at radius 1 is 1.04 bits per heavy atom. The number of hydrogen-bond donors (Lipinski definition) is 0. The molecule has 1 aromatic rings.